The number of fused-ring (bicyclic) bond motifs is 1. The fourth-order valence-corrected chi connectivity index (χ4v) is 2.18. The molecule has 0 radical (unpaired) electrons. The third-order valence-electron chi connectivity index (χ3n) is 3.17. The lowest BCUT2D eigenvalue weighted by Crippen LogP contribution is -2.80. The summed E-state index contributed by atoms with van der Waals surface area (Å²) in [5.41, 5.74) is 0.687. The van der Waals surface area contributed by atoms with Crippen molar-refractivity contribution in [3.8, 4) is 0 Å². The first kappa shape index (κ1) is 13.1. The molecule has 0 saturated heterocycles. The van der Waals surface area contributed by atoms with Gasteiger partial charge in [0.1, 0.15) is 6.04 Å². The van der Waals surface area contributed by atoms with Gasteiger partial charge in [0.05, 0.1) is 18.0 Å². The molecule has 2 N–H and O–H groups in total. The molecule has 1 aromatic carbocycles. The van der Waals surface area contributed by atoms with Crippen LogP contribution in [0.3, 0.4) is 0 Å². The number of benzene rings is 1. The van der Waals surface area contributed by atoms with Crippen LogP contribution in [0.5, 0.6) is 0 Å². The van der Waals surface area contributed by atoms with Gasteiger partial charge in [0.25, 0.3) is 5.56 Å². The highest BCUT2D eigenvalue weighted by molar-refractivity contribution is 6.31. The maximum Gasteiger partial charge on any atom is 0.261 e. The average molecular weight is 267 g/mol. The van der Waals surface area contributed by atoms with Gasteiger partial charge in [0.15, 0.2) is 5.82 Å². The fourth-order valence-electron chi connectivity index (χ4n) is 2.01. The van der Waals surface area contributed by atoms with Crippen LogP contribution >= 0.6 is 11.6 Å². The molecule has 4 nitrogen and oxygen atoms in total. The topological polar surface area (TPSA) is 51.5 Å². The van der Waals surface area contributed by atoms with Gasteiger partial charge in [0, 0.05) is 11.6 Å². The number of hydrogen-bond donors (Lipinski definition) is 1. The van der Waals surface area contributed by atoms with Gasteiger partial charge in [-0.2, -0.15) is 0 Å². The molecule has 5 heteroatoms. The smallest absolute Gasteiger partial charge is 0.261 e. The van der Waals surface area contributed by atoms with Crippen molar-refractivity contribution in [3.05, 3.63) is 39.4 Å². The minimum Gasteiger partial charge on any atom is -0.340 e. The van der Waals surface area contributed by atoms with E-state index in [1.165, 1.54) is 0 Å². The highest BCUT2D eigenvalue weighted by Gasteiger charge is 2.16. The van der Waals surface area contributed by atoms with Gasteiger partial charge in [-0.3, -0.25) is 9.36 Å². The molecule has 18 heavy (non-hydrogen) atoms. The van der Waals surface area contributed by atoms with E-state index in [0.717, 1.165) is 5.82 Å². The zero-order valence-electron chi connectivity index (χ0n) is 10.8. The van der Waals surface area contributed by atoms with Crippen molar-refractivity contribution in [1.29, 1.82) is 0 Å². The van der Waals surface area contributed by atoms with Crippen LogP contribution in [0.25, 0.3) is 10.9 Å². The number of rotatable bonds is 3. The van der Waals surface area contributed by atoms with E-state index in [2.05, 4.69) is 4.98 Å². The zero-order valence-corrected chi connectivity index (χ0v) is 11.5. The average Bonchev–Trinajstić information content (AvgIpc) is 2.38. The normalized spacial score (nSPS) is 12.9. The Morgan fingerprint density at radius 1 is 1.50 bits per heavy atom. The molecule has 1 atom stereocenters. The molecule has 0 saturated carbocycles. The van der Waals surface area contributed by atoms with Crippen molar-refractivity contribution < 1.29 is 5.32 Å². The van der Waals surface area contributed by atoms with Gasteiger partial charge in [0.2, 0.25) is 0 Å². The second kappa shape index (κ2) is 5.08. The van der Waals surface area contributed by atoms with E-state index in [4.69, 9.17) is 11.6 Å². The predicted molar refractivity (Wildman–Crippen MR) is 73.0 cm³/mol. The van der Waals surface area contributed by atoms with Gasteiger partial charge >= 0.3 is 0 Å². The van der Waals surface area contributed by atoms with Gasteiger partial charge < -0.3 is 5.32 Å². The van der Waals surface area contributed by atoms with Crippen molar-refractivity contribution in [2.45, 2.75) is 26.4 Å². The molecule has 96 valence electrons. The Kier molecular flexibility index (Phi) is 3.68. The van der Waals surface area contributed by atoms with Gasteiger partial charge in [-0.15, -0.1) is 0 Å². The quantitative estimate of drug-likeness (QED) is 0.911. The summed E-state index contributed by atoms with van der Waals surface area (Å²) in [5.74, 6) is 0.805. The van der Waals surface area contributed by atoms with Gasteiger partial charge in [-0.25, -0.2) is 4.98 Å². The van der Waals surface area contributed by atoms with E-state index in [0.29, 0.717) is 22.5 Å². The number of nitrogens with two attached hydrogens (primary N) is 1. The molecule has 2 rings (SSSR count). The Hall–Kier alpha value is -1.39. The Morgan fingerprint density at radius 2 is 2.22 bits per heavy atom. The number of nitrogens with zero attached hydrogens (tertiary/aromatic N) is 2. The lowest BCUT2D eigenvalue weighted by atomic mass is 10.2. The summed E-state index contributed by atoms with van der Waals surface area (Å²) in [5, 5.41) is 3.18. The first-order valence-corrected chi connectivity index (χ1v) is 6.45. The lowest BCUT2D eigenvalue weighted by molar-refractivity contribution is -0.668. The third-order valence-corrected chi connectivity index (χ3v) is 3.40. The molecule has 0 aliphatic heterocycles. The second-order valence-corrected chi connectivity index (χ2v) is 4.74. The standard InChI is InChI=1S/C13H16ClN3O/c1-4-17-12(8(2)15-3)16-11-6-5-9(14)7-10(11)13(17)18/h5-8,15H,4H2,1-3H3/p+1/t8-/m1/s1. The third kappa shape index (κ3) is 2.13. The molecule has 0 fully saturated rings. The first-order valence-electron chi connectivity index (χ1n) is 6.08. The van der Waals surface area contributed by atoms with Crippen LogP contribution in [-0.2, 0) is 6.54 Å². The summed E-state index contributed by atoms with van der Waals surface area (Å²) < 4.78 is 1.71. The monoisotopic (exact) mass is 266 g/mol. The van der Waals surface area contributed by atoms with Crippen molar-refractivity contribution in [2.24, 2.45) is 0 Å². The van der Waals surface area contributed by atoms with Crippen LogP contribution in [0.2, 0.25) is 5.02 Å². The summed E-state index contributed by atoms with van der Waals surface area (Å²) in [6.45, 7) is 4.60. The van der Waals surface area contributed by atoms with Crippen molar-refractivity contribution in [3.63, 3.8) is 0 Å². The Bertz CT molecular complexity index is 636. The van der Waals surface area contributed by atoms with Gasteiger partial charge in [-0.05, 0) is 32.0 Å². The number of quaternary nitrogens is 1. The minimum atomic E-state index is -0.0197. The van der Waals surface area contributed by atoms with E-state index in [-0.39, 0.29) is 11.6 Å². The Morgan fingerprint density at radius 3 is 2.83 bits per heavy atom. The SMILES string of the molecule is CCn1c([C@@H](C)[NH2+]C)nc2ccc(Cl)cc2c1=O. The first-order chi connectivity index (χ1) is 8.58. The Labute approximate surface area is 111 Å². The summed E-state index contributed by atoms with van der Waals surface area (Å²) in [4.78, 5) is 17.0. The van der Waals surface area contributed by atoms with Gasteiger partial charge in [-0.1, -0.05) is 11.6 Å². The van der Waals surface area contributed by atoms with E-state index >= 15 is 0 Å². The zero-order chi connectivity index (χ0) is 13.3. The summed E-state index contributed by atoms with van der Waals surface area (Å²) >= 11 is 5.93. The highest BCUT2D eigenvalue weighted by atomic mass is 35.5. The Balaban J connectivity index is 2.81. The maximum atomic E-state index is 12.4. The molecule has 0 unspecified atom stereocenters. The minimum absolute atomic E-state index is 0.0197. The molecular formula is C13H17ClN3O+. The molecule has 0 aliphatic rings. The summed E-state index contributed by atoms with van der Waals surface area (Å²) in [6, 6.07) is 5.39. The molecule has 0 aliphatic carbocycles. The molecule has 0 amide bonds. The van der Waals surface area contributed by atoms with Crippen LogP contribution in [-0.4, -0.2) is 16.6 Å². The lowest BCUT2D eigenvalue weighted by Gasteiger charge is -2.14. The van der Waals surface area contributed by atoms with Crippen molar-refractivity contribution in [1.82, 2.24) is 9.55 Å². The molecule has 1 aromatic heterocycles. The number of hydrogen-bond acceptors (Lipinski definition) is 2. The van der Waals surface area contributed by atoms with Crippen molar-refractivity contribution in [2.75, 3.05) is 7.05 Å². The van der Waals surface area contributed by atoms with E-state index in [9.17, 15) is 4.79 Å². The number of halogens is 1. The predicted octanol–water partition coefficient (Wildman–Crippen LogP) is 1.32. The fraction of sp³-hybridized carbons (Fsp3) is 0.385. The van der Waals surface area contributed by atoms with Crippen LogP contribution in [0.1, 0.15) is 25.7 Å². The summed E-state index contributed by atoms with van der Waals surface area (Å²) in [6.07, 6.45) is 0. The van der Waals surface area contributed by atoms with E-state index in [1.54, 1.807) is 22.8 Å². The largest absolute Gasteiger partial charge is 0.340 e. The van der Waals surface area contributed by atoms with Crippen LogP contribution in [0.4, 0.5) is 0 Å². The van der Waals surface area contributed by atoms with Crippen LogP contribution in [0.15, 0.2) is 23.0 Å². The van der Waals surface area contributed by atoms with Crippen LogP contribution in [0, 0.1) is 0 Å². The molecule has 2 aromatic rings. The van der Waals surface area contributed by atoms with Crippen LogP contribution < -0.4 is 10.9 Å². The van der Waals surface area contributed by atoms with E-state index in [1.807, 2.05) is 26.2 Å². The number of aromatic nitrogens is 2. The second-order valence-electron chi connectivity index (χ2n) is 4.30. The highest BCUT2D eigenvalue weighted by Crippen LogP contribution is 2.16. The summed E-state index contributed by atoms with van der Waals surface area (Å²) in [7, 11) is 1.98. The van der Waals surface area contributed by atoms with Crippen molar-refractivity contribution >= 4 is 22.5 Å². The molecule has 1 heterocycles. The van der Waals surface area contributed by atoms with E-state index < -0.39 is 0 Å². The molecule has 0 bridgehead atoms. The maximum absolute atomic E-state index is 12.4. The molecule has 0 spiro atoms. The molecular weight excluding hydrogens is 250 g/mol.